The van der Waals surface area contributed by atoms with E-state index in [0.717, 1.165) is 12.5 Å². The fourth-order valence-electron chi connectivity index (χ4n) is 3.01. The number of pyridine rings is 1. The van der Waals surface area contributed by atoms with Gasteiger partial charge in [-0.3, -0.25) is 4.99 Å². The third-order valence-electron chi connectivity index (χ3n) is 4.21. The number of aromatic nitrogens is 1. The number of nitrogens with zero attached hydrogens (tertiary/aromatic N) is 4. The Balaban J connectivity index is 1.42. The van der Waals surface area contributed by atoms with Crippen LogP contribution < -0.4 is 10.1 Å². The number of rotatable bonds is 4. The van der Waals surface area contributed by atoms with Crippen LogP contribution in [0.5, 0.6) is 5.88 Å². The third-order valence-corrected chi connectivity index (χ3v) is 4.49. The summed E-state index contributed by atoms with van der Waals surface area (Å²) in [7, 11) is 0. The zero-order valence-corrected chi connectivity index (χ0v) is 16.7. The maximum atomic E-state index is 12.3. The highest BCUT2D eigenvalue weighted by Crippen LogP contribution is 2.20. The molecule has 0 bridgehead atoms. The molecule has 1 aromatic heterocycles. The molecule has 0 spiro atoms. The first-order valence-corrected chi connectivity index (χ1v) is 9.47. The second kappa shape index (κ2) is 8.21. The molecule has 1 fully saturated rings. The van der Waals surface area contributed by atoms with Gasteiger partial charge in [-0.15, -0.1) is 0 Å². The minimum Gasteiger partial charge on any atom is -0.475 e. The first kappa shape index (κ1) is 19.5. The van der Waals surface area contributed by atoms with Crippen molar-refractivity contribution < 1.29 is 14.3 Å². The van der Waals surface area contributed by atoms with Crippen molar-refractivity contribution in [2.45, 2.75) is 32.4 Å². The molecule has 9 heteroatoms. The molecular formula is C18H26ClN5O3. The molecule has 148 valence electrons. The number of carbonyl (C=O) groups excluding carboxylic acids is 1. The first-order valence-electron chi connectivity index (χ1n) is 9.10. The predicted octanol–water partition coefficient (Wildman–Crippen LogP) is 1.99. The van der Waals surface area contributed by atoms with Crippen molar-refractivity contribution in [3.63, 3.8) is 0 Å². The molecule has 1 amide bonds. The van der Waals surface area contributed by atoms with Gasteiger partial charge in [0.1, 0.15) is 17.2 Å². The van der Waals surface area contributed by atoms with Crippen molar-refractivity contribution >= 4 is 23.7 Å². The predicted molar refractivity (Wildman–Crippen MR) is 103 cm³/mol. The molecule has 0 radical (unpaired) electrons. The lowest BCUT2D eigenvalue weighted by atomic mass is 10.2. The van der Waals surface area contributed by atoms with Crippen LogP contribution in [0.2, 0.25) is 5.02 Å². The molecule has 1 unspecified atom stereocenters. The van der Waals surface area contributed by atoms with E-state index in [1.165, 1.54) is 0 Å². The summed E-state index contributed by atoms with van der Waals surface area (Å²) in [5, 5.41) is 3.79. The number of carbonyl (C=O) groups is 1. The van der Waals surface area contributed by atoms with E-state index in [2.05, 4.69) is 20.2 Å². The number of fused-ring (bicyclic) bond motifs is 1. The minimum atomic E-state index is -0.483. The fraction of sp³-hybridized carbons (Fsp3) is 0.611. The second-order valence-corrected chi connectivity index (χ2v) is 7.91. The molecule has 3 heterocycles. The molecule has 1 aromatic rings. The Bertz CT molecular complexity index is 706. The van der Waals surface area contributed by atoms with E-state index in [0.29, 0.717) is 43.7 Å². The van der Waals surface area contributed by atoms with Crippen molar-refractivity contribution in [2.75, 3.05) is 39.3 Å². The van der Waals surface area contributed by atoms with E-state index >= 15 is 0 Å². The Hall–Kier alpha value is -2.22. The highest BCUT2D eigenvalue weighted by Gasteiger charge is 2.36. The Morgan fingerprint density at radius 3 is 2.96 bits per heavy atom. The summed E-state index contributed by atoms with van der Waals surface area (Å²) in [6, 6.07) is 3.69. The number of hydrogen-bond donors (Lipinski definition) is 1. The molecule has 8 nitrogen and oxygen atoms in total. The lowest BCUT2D eigenvalue weighted by molar-refractivity contribution is 0.0137. The molecule has 1 N–H and O–H groups in total. The van der Waals surface area contributed by atoms with Crippen LogP contribution in [0.25, 0.3) is 0 Å². The van der Waals surface area contributed by atoms with Crippen LogP contribution in [0.4, 0.5) is 4.79 Å². The zero-order valence-electron chi connectivity index (χ0n) is 15.9. The molecule has 3 rings (SSSR count). The van der Waals surface area contributed by atoms with E-state index in [1.807, 2.05) is 20.8 Å². The number of halogens is 1. The van der Waals surface area contributed by atoms with Gasteiger partial charge in [-0.2, -0.15) is 0 Å². The van der Waals surface area contributed by atoms with Gasteiger partial charge in [-0.25, -0.2) is 9.78 Å². The fourth-order valence-corrected chi connectivity index (χ4v) is 3.19. The Morgan fingerprint density at radius 2 is 2.22 bits per heavy atom. The number of aliphatic imine (C=N–C) groups is 1. The third kappa shape index (κ3) is 5.15. The van der Waals surface area contributed by atoms with Crippen LogP contribution in [0.1, 0.15) is 20.8 Å². The van der Waals surface area contributed by atoms with Crippen molar-refractivity contribution in [1.29, 1.82) is 0 Å². The van der Waals surface area contributed by atoms with Crippen LogP contribution in [-0.2, 0) is 4.74 Å². The highest BCUT2D eigenvalue weighted by atomic mass is 35.5. The van der Waals surface area contributed by atoms with Gasteiger partial charge >= 0.3 is 6.09 Å². The highest BCUT2D eigenvalue weighted by molar-refractivity contribution is 6.31. The van der Waals surface area contributed by atoms with Gasteiger partial charge in [0.05, 0.1) is 19.1 Å². The second-order valence-electron chi connectivity index (χ2n) is 7.50. The molecule has 0 aliphatic carbocycles. The quantitative estimate of drug-likeness (QED) is 0.785. The maximum Gasteiger partial charge on any atom is 0.410 e. The zero-order chi connectivity index (χ0) is 19.4. The summed E-state index contributed by atoms with van der Waals surface area (Å²) in [4.78, 5) is 24.9. The van der Waals surface area contributed by atoms with Gasteiger partial charge in [0, 0.05) is 25.8 Å². The van der Waals surface area contributed by atoms with Crippen LogP contribution in [-0.4, -0.2) is 77.8 Å². The van der Waals surface area contributed by atoms with Crippen LogP contribution in [0.15, 0.2) is 23.3 Å². The van der Waals surface area contributed by atoms with E-state index in [4.69, 9.17) is 21.1 Å². The molecule has 2 aliphatic rings. The number of nitrogens with one attached hydrogen (secondary N) is 1. The Labute approximate surface area is 164 Å². The summed E-state index contributed by atoms with van der Waals surface area (Å²) in [5.41, 5.74) is -0.483. The first-order chi connectivity index (χ1) is 12.8. The number of piperazine rings is 1. The summed E-state index contributed by atoms with van der Waals surface area (Å²) < 4.78 is 11.0. The molecule has 27 heavy (non-hydrogen) atoms. The number of guanidine groups is 1. The SMILES string of the molecule is CC(C)(C)OC(=O)N1CCN2C(NCCOc3ncccc3Cl)=NCC2C1. The summed E-state index contributed by atoms with van der Waals surface area (Å²) in [6.07, 6.45) is 1.38. The average molecular weight is 396 g/mol. The van der Waals surface area contributed by atoms with Gasteiger partial charge in [0.15, 0.2) is 5.96 Å². The van der Waals surface area contributed by atoms with Crippen LogP contribution >= 0.6 is 11.6 Å². The normalized spacial score (nSPS) is 19.4. The molecule has 1 atom stereocenters. The van der Waals surface area contributed by atoms with E-state index < -0.39 is 5.60 Å². The van der Waals surface area contributed by atoms with Crippen molar-refractivity contribution in [2.24, 2.45) is 4.99 Å². The van der Waals surface area contributed by atoms with Gasteiger partial charge < -0.3 is 24.6 Å². The standard InChI is InChI=1S/C18H26ClN5O3/c1-18(2,3)27-17(25)23-8-9-24-13(12-23)11-22-16(24)21-7-10-26-15-14(19)5-4-6-20-15/h4-6,13H,7-12H2,1-3H3,(H,21,22). The van der Waals surface area contributed by atoms with Crippen LogP contribution in [0.3, 0.4) is 0 Å². The van der Waals surface area contributed by atoms with Gasteiger partial charge in [0.2, 0.25) is 5.88 Å². The Kier molecular flexibility index (Phi) is 5.94. The van der Waals surface area contributed by atoms with Crippen LogP contribution in [0, 0.1) is 0 Å². The molecular weight excluding hydrogens is 370 g/mol. The summed E-state index contributed by atoms with van der Waals surface area (Å²) in [6.45, 7) is 9.27. The monoisotopic (exact) mass is 395 g/mol. The molecule has 0 aromatic carbocycles. The average Bonchev–Trinajstić information content (AvgIpc) is 3.01. The van der Waals surface area contributed by atoms with Crippen molar-refractivity contribution in [3.8, 4) is 5.88 Å². The van der Waals surface area contributed by atoms with E-state index in [1.54, 1.807) is 23.2 Å². The minimum absolute atomic E-state index is 0.180. The largest absolute Gasteiger partial charge is 0.475 e. The topological polar surface area (TPSA) is 79.3 Å². The molecule has 1 saturated heterocycles. The molecule has 0 saturated carbocycles. The number of amides is 1. The molecule has 2 aliphatic heterocycles. The van der Waals surface area contributed by atoms with Gasteiger partial charge in [0.25, 0.3) is 0 Å². The summed E-state index contributed by atoms with van der Waals surface area (Å²) in [5.74, 6) is 1.28. The Morgan fingerprint density at radius 1 is 1.41 bits per heavy atom. The number of ether oxygens (including phenoxy) is 2. The number of hydrogen-bond acceptors (Lipinski definition) is 7. The lowest BCUT2D eigenvalue weighted by Crippen LogP contribution is -2.57. The van der Waals surface area contributed by atoms with E-state index in [9.17, 15) is 4.79 Å². The summed E-state index contributed by atoms with van der Waals surface area (Å²) >= 11 is 6.02. The van der Waals surface area contributed by atoms with Crippen molar-refractivity contribution in [3.05, 3.63) is 23.4 Å². The van der Waals surface area contributed by atoms with Gasteiger partial charge in [-0.05, 0) is 32.9 Å². The van der Waals surface area contributed by atoms with Crippen molar-refractivity contribution in [1.82, 2.24) is 20.1 Å². The van der Waals surface area contributed by atoms with Gasteiger partial charge in [-0.1, -0.05) is 11.6 Å². The van der Waals surface area contributed by atoms with E-state index in [-0.39, 0.29) is 12.1 Å². The maximum absolute atomic E-state index is 12.3. The lowest BCUT2D eigenvalue weighted by Gasteiger charge is -2.39. The smallest absolute Gasteiger partial charge is 0.410 e.